The molecule has 0 saturated carbocycles. The molecule has 1 rings (SSSR count). The van der Waals surface area contributed by atoms with Gasteiger partial charge in [-0.15, -0.1) is 0 Å². The lowest BCUT2D eigenvalue weighted by Gasteiger charge is -2.37. The molecule has 0 aromatic rings. The average molecular weight is 284 g/mol. The molecule has 0 atom stereocenters. The average Bonchev–Trinajstić information content (AvgIpc) is 2.25. The minimum atomic E-state index is -0.0316. The molecule has 5 nitrogen and oxygen atoms in total. The lowest BCUT2D eigenvalue weighted by molar-refractivity contribution is -0.0850. The molecule has 1 aliphatic heterocycles. The largest absolute Gasteiger partial charge is 0.373 e. The number of hydrogen-bond donors (Lipinski definition) is 2. The lowest BCUT2D eigenvalue weighted by atomic mass is 10.1. The van der Waals surface area contributed by atoms with E-state index in [1.54, 1.807) is 0 Å². The first-order valence-electron chi connectivity index (χ1n) is 7.65. The molecule has 118 valence electrons. The molecular weight excluding hydrogens is 252 g/mol. The first-order valence-corrected chi connectivity index (χ1v) is 7.65. The molecule has 1 aliphatic rings. The smallest absolute Gasteiger partial charge is 0.191 e. The van der Waals surface area contributed by atoms with Gasteiger partial charge in [0.05, 0.1) is 18.8 Å². The Labute approximate surface area is 124 Å². The molecule has 0 aromatic carbocycles. The first-order chi connectivity index (χ1) is 9.22. The second-order valence-corrected chi connectivity index (χ2v) is 7.02. The van der Waals surface area contributed by atoms with Crippen LogP contribution >= 0.6 is 0 Å². The number of nitrogens with one attached hydrogen (secondary N) is 2. The summed E-state index contributed by atoms with van der Waals surface area (Å²) in [4.78, 5) is 7.08. The molecular formula is C15H32N4O. The van der Waals surface area contributed by atoms with E-state index < -0.39 is 0 Å². The fourth-order valence-electron chi connectivity index (χ4n) is 2.27. The van der Waals surface area contributed by atoms with E-state index in [0.29, 0.717) is 0 Å². The van der Waals surface area contributed by atoms with E-state index >= 15 is 0 Å². The van der Waals surface area contributed by atoms with E-state index in [2.05, 4.69) is 62.1 Å². The summed E-state index contributed by atoms with van der Waals surface area (Å²) in [7, 11) is 0. The van der Waals surface area contributed by atoms with Gasteiger partial charge in [-0.05, 0) is 41.5 Å². The van der Waals surface area contributed by atoms with Crippen molar-refractivity contribution in [1.82, 2.24) is 15.5 Å². The van der Waals surface area contributed by atoms with Crippen LogP contribution in [0.4, 0.5) is 0 Å². The summed E-state index contributed by atoms with van der Waals surface area (Å²) < 4.78 is 5.73. The number of nitrogens with zero attached hydrogens (tertiary/aromatic N) is 2. The third-order valence-corrected chi connectivity index (χ3v) is 3.03. The van der Waals surface area contributed by atoms with E-state index in [1.165, 1.54) is 0 Å². The van der Waals surface area contributed by atoms with Crippen molar-refractivity contribution >= 4 is 5.96 Å². The van der Waals surface area contributed by atoms with Crippen molar-refractivity contribution in [2.24, 2.45) is 4.99 Å². The summed E-state index contributed by atoms with van der Waals surface area (Å²) >= 11 is 0. The zero-order valence-corrected chi connectivity index (χ0v) is 14.0. The van der Waals surface area contributed by atoms with E-state index in [1.807, 2.05) is 0 Å². The van der Waals surface area contributed by atoms with Gasteiger partial charge in [-0.2, -0.15) is 0 Å². The molecule has 2 N–H and O–H groups in total. The van der Waals surface area contributed by atoms with Crippen LogP contribution in [0.15, 0.2) is 4.99 Å². The predicted molar refractivity (Wildman–Crippen MR) is 85.3 cm³/mol. The molecule has 20 heavy (non-hydrogen) atoms. The molecule has 0 unspecified atom stereocenters. The van der Waals surface area contributed by atoms with Crippen LogP contribution in [0.5, 0.6) is 0 Å². The molecule has 0 radical (unpaired) electrons. The Kier molecular flexibility index (Phi) is 6.27. The number of hydrogen-bond acceptors (Lipinski definition) is 3. The van der Waals surface area contributed by atoms with Crippen molar-refractivity contribution in [3.05, 3.63) is 0 Å². The molecule has 0 spiro atoms. The fourth-order valence-corrected chi connectivity index (χ4v) is 2.27. The van der Waals surface area contributed by atoms with Crippen molar-refractivity contribution in [3.63, 3.8) is 0 Å². The van der Waals surface area contributed by atoms with Gasteiger partial charge in [0.25, 0.3) is 0 Å². The van der Waals surface area contributed by atoms with Crippen LogP contribution in [0.3, 0.4) is 0 Å². The van der Waals surface area contributed by atoms with E-state index in [0.717, 1.165) is 45.3 Å². The van der Waals surface area contributed by atoms with Gasteiger partial charge in [-0.25, -0.2) is 0 Å². The SMILES string of the molecule is CCNC(=NCCN1CCOC(C)(C)C1)NC(C)(C)C. The number of ether oxygens (including phenoxy) is 1. The highest BCUT2D eigenvalue weighted by molar-refractivity contribution is 5.80. The van der Waals surface area contributed by atoms with Gasteiger partial charge in [-0.3, -0.25) is 9.89 Å². The van der Waals surface area contributed by atoms with Crippen LogP contribution in [0.1, 0.15) is 41.5 Å². The van der Waals surface area contributed by atoms with Gasteiger partial charge < -0.3 is 15.4 Å². The maximum absolute atomic E-state index is 5.73. The molecule has 0 amide bonds. The molecule has 5 heteroatoms. The number of rotatable bonds is 4. The Morgan fingerprint density at radius 3 is 2.60 bits per heavy atom. The second kappa shape index (κ2) is 7.27. The van der Waals surface area contributed by atoms with Gasteiger partial charge in [0.15, 0.2) is 5.96 Å². The summed E-state index contributed by atoms with van der Waals surface area (Å²) in [5.74, 6) is 0.896. The van der Waals surface area contributed by atoms with Gasteiger partial charge in [0, 0.05) is 31.7 Å². The van der Waals surface area contributed by atoms with Crippen LogP contribution in [0.2, 0.25) is 0 Å². The lowest BCUT2D eigenvalue weighted by Crippen LogP contribution is -2.49. The minimum Gasteiger partial charge on any atom is -0.373 e. The van der Waals surface area contributed by atoms with Crippen LogP contribution in [0.25, 0.3) is 0 Å². The highest BCUT2D eigenvalue weighted by Gasteiger charge is 2.26. The van der Waals surface area contributed by atoms with Crippen molar-refractivity contribution < 1.29 is 4.74 Å². The van der Waals surface area contributed by atoms with E-state index in [-0.39, 0.29) is 11.1 Å². The molecule has 1 fully saturated rings. The minimum absolute atomic E-state index is 0.0297. The standard InChI is InChI=1S/C15H32N4O/c1-7-16-13(18-14(2,3)4)17-8-9-19-10-11-20-15(5,6)12-19/h7-12H2,1-6H3,(H2,16,17,18). The summed E-state index contributed by atoms with van der Waals surface area (Å²) in [5.41, 5.74) is -0.00190. The van der Waals surface area contributed by atoms with Gasteiger partial charge in [0.2, 0.25) is 0 Å². The predicted octanol–water partition coefficient (Wildman–Crippen LogP) is 1.45. The number of morpholine rings is 1. The van der Waals surface area contributed by atoms with Gasteiger partial charge >= 0.3 is 0 Å². The third-order valence-electron chi connectivity index (χ3n) is 3.03. The first kappa shape index (κ1) is 17.2. The quantitative estimate of drug-likeness (QED) is 0.606. The van der Waals surface area contributed by atoms with Crippen molar-refractivity contribution in [3.8, 4) is 0 Å². The van der Waals surface area contributed by atoms with Crippen LogP contribution < -0.4 is 10.6 Å². The topological polar surface area (TPSA) is 48.9 Å². The van der Waals surface area contributed by atoms with Gasteiger partial charge in [0.1, 0.15) is 0 Å². The molecule has 1 heterocycles. The monoisotopic (exact) mass is 284 g/mol. The maximum atomic E-state index is 5.73. The Balaban J connectivity index is 2.43. The molecule has 0 bridgehead atoms. The van der Waals surface area contributed by atoms with Crippen molar-refractivity contribution in [1.29, 1.82) is 0 Å². The highest BCUT2D eigenvalue weighted by Crippen LogP contribution is 2.15. The summed E-state index contributed by atoms with van der Waals surface area (Å²) in [6.45, 7) is 18.3. The zero-order valence-electron chi connectivity index (χ0n) is 14.0. The highest BCUT2D eigenvalue weighted by atomic mass is 16.5. The Morgan fingerprint density at radius 2 is 2.05 bits per heavy atom. The number of aliphatic imine (C=N–C) groups is 1. The van der Waals surface area contributed by atoms with Crippen molar-refractivity contribution in [2.75, 3.05) is 39.3 Å². The van der Waals surface area contributed by atoms with E-state index in [4.69, 9.17) is 4.74 Å². The van der Waals surface area contributed by atoms with Gasteiger partial charge in [-0.1, -0.05) is 0 Å². The Hall–Kier alpha value is -0.810. The molecule has 0 aromatic heterocycles. The van der Waals surface area contributed by atoms with Crippen LogP contribution in [-0.2, 0) is 4.74 Å². The Morgan fingerprint density at radius 1 is 1.35 bits per heavy atom. The number of guanidine groups is 1. The second-order valence-electron chi connectivity index (χ2n) is 7.02. The molecule has 0 aliphatic carbocycles. The summed E-state index contributed by atoms with van der Waals surface area (Å²) in [6.07, 6.45) is 0. The normalized spacial score (nSPS) is 20.8. The van der Waals surface area contributed by atoms with Crippen molar-refractivity contribution in [2.45, 2.75) is 52.7 Å². The summed E-state index contributed by atoms with van der Waals surface area (Å²) in [6, 6.07) is 0. The summed E-state index contributed by atoms with van der Waals surface area (Å²) in [5, 5.41) is 6.70. The Bertz CT molecular complexity index is 320. The third kappa shape index (κ3) is 7.10. The molecule has 1 saturated heterocycles. The zero-order chi connectivity index (χ0) is 15.2. The fraction of sp³-hybridized carbons (Fsp3) is 0.933. The maximum Gasteiger partial charge on any atom is 0.191 e. The van der Waals surface area contributed by atoms with Crippen LogP contribution in [0, 0.1) is 0 Å². The van der Waals surface area contributed by atoms with E-state index in [9.17, 15) is 0 Å². The van der Waals surface area contributed by atoms with Crippen LogP contribution in [-0.4, -0.2) is 61.3 Å².